The second kappa shape index (κ2) is 7.81. The highest BCUT2D eigenvalue weighted by Gasteiger charge is 2.35. The van der Waals surface area contributed by atoms with E-state index in [0.29, 0.717) is 0 Å². The molecule has 1 atom stereocenters. The zero-order valence-corrected chi connectivity index (χ0v) is 14.9. The molecule has 3 rings (SSSR count). The highest BCUT2D eigenvalue weighted by atomic mass is 16.2. The maximum atomic E-state index is 12.9. The number of rotatable bonds is 5. The number of amides is 1. The van der Waals surface area contributed by atoms with Gasteiger partial charge in [-0.25, -0.2) is 0 Å². The van der Waals surface area contributed by atoms with Crippen LogP contribution in [0.2, 0.25) is 0 Å². The summed E-state index contributed by atoms with van der Waals surface area (Å²) in [5, 5.41) is 0. The molecule has 1 aliphatic heterocycles. The second-order valence-electron chi connectivity index (χ2n) is 6.94. The van der Waals surface area contributed by atoms with Gasteiger partial charge in [-0.3, -0.25) is 9.69 Å². The van der Waals surface area contributed by atoms with E-state index in [2.05, 4.69) is 29.2 Å². The van der Waals surface area contributed by atoms with E-state index in [0.717, 1.165) is 44.7 Å². The lowest BCUT2D eigenvalue weighted by Gasteiger charge is -2.38. The lowest BCUT2D eigenvalue weighted by molar-refractivity contribution is -0.138. The summed E-state index contributed by atoms with van der Waals surface area (Å²) < 4.78 is 0. The van der Waals surface area contributed by atoms with Gasteiger partial charge in [-0.2, -0.15) is 0 Å². The normalized spacial score (nSPS) is 17.9. The Morgan fingerprint density at radius 1 is 0.960 bits per heavy atom. The van der Waals surface area contributed by atoms with Crippen molar-refractivity contribution in [1.29, 1.82) is 0 Å². The molecular formula is C21H27N3O. The first-order chi connectivity index (χ1) is 12.1. The van der Waals surface area contributed by atoms with Crippen LogP contribution in [0.4, 0.5) is 0 Å². The standard InChI is InChI=1S/C21H27N3O/c1-21(22,19-10-6-3-7-11-19)20(25)24-16-14-23(15-17-24)13-12-18-8-4-2-5-9-18/h2-11H,12-17,22H2,1H3. The number of nitrogens with zero attached hydrogens (tertiary/aromatic N) is 2. The molecule has 1 heterocycles. The van der Waals surface area contributed by atoms with Crippen LogP contribution >= 0.6 is 0 Å². The summed E-state index contributed by atoms with van der Waals surface area (Å²) in [4.78, 5) is 17.2. The fraction of sp³-hybridized carbons (Fsp3) is 0.381. The Hall–Kier alpha value is -2.17. The maximum Gasteiger partial charge on any atom is 0.247 e. The molecule has 0 bridgehead atoms. The highest BCUT2D eigenvalue weighted by molar-refractivity contribution is 5.87. The van der Waals surface area contributed by atoms with Crippen LogP contribution in [0, 0.1) is 0 Å². The fourth-order valence-electron chi connectivity index (χ4n) is 3.34. The first-order valence-electron chi connectivity index (χ1n) is 8.97. The lowest BCUT2D eigenvalue weighted by Crippen LogP contribution is -2.56. The Bertz CT molecular complexity index is 677. The van der Waals surface area contributed by atoms with Crippen molar-refractivity contribution in [3.05, 3.63) is 71.8 Å². The predicted octanol–water partition coefficient (Wildman–Crippen LogP) is 2.25. The van der Waals surface area contributed by atoms with E-state index in [1.54, 1.807) is 0 Å². The molecule has 1 saturated heterocycles. The van der Waals surface area contributed by atoms with E-state index in [1.165, 1.54) is 5.56 Å². The number of carbonyl (C=O) groups excluding carboxylic acids is 1. The van der Waals surface area contributed by atoms with Gasteiger partial charge in [-0.1, -0.05) is 60.7 Å². The van der Waals surface area contributed by atoms with Gasteiger partial charge in [0.1, 0.15) is 5.54 Å². The summed E-state index contributed by atoms with van der Waals surface area (Å²) in [6.07, 6.45) is 1.05. The SMILES string of the molecule is CC(N)(C(=O)N1CCN(CCc2ccccc2)CC1)c1ccccc1. The summed E-state index contributed by atoms with van der Waals surface area (Å²) in [5.74, 6) is 0.0152. The van der Waals surface area contributed by atoms with Crippen LogP contribution in [0.5, 0.6) is 0 Å². The molecule has 1 unspecified atom stereocenters. The van der Waals surface area contributed by atoms with E-state index >= 15 is 0 Å². The molecule has 132 valence electrons. The first-order valence-corrected chi connectivity index (χ1v) is 8.97. The number of benzene rings is 2. The van der Waals surface area contributed by atoms with Gasteiger partial charge in [0.05, 0.1) is 0 Å². The Kier molecular flexibility index (Phi) is 5.51. The highest BCUT2D eigenvalue weighted by Crippen LogP contribution is 2.21. The van der Waals surface area contributed by atoms with Crippen molar-refractivity contribution in [2.45, 2.75) is 18.9 Å². The third-order valence-corrected chi connectivity index (χ3v) is 5.04. The zero-order chi connectivity index (χ0) is 17.7. The summed E-state index contributed by atoms with van der Waals surface area (Å²) >= 11 is 0. The van der Waals surface area contributed by atoms with Crippen molar-refractivity contribution in [1.82, 2.24) is 9.80 Å². The Morgan fingerprint density at radius 3 is 2.12 bits per heavy atom. The molecule has 1 fully saturated rings. The first kappa shape index (κ1) is 17.6. The van der Waals surface area contributed by atoms with Crippen molar-refractivity contribution >= 4 is 5.91 Å². The Labute approximate surface area is 150 Å². The van der Waals surface area contributed by atoms with Gasteiger partial charge in [-0.05, 0) is 24.5 Å². The molecule has 0 spiro atoms. The quantitative estimate of drug-likeness (QED) is 0.910. The van der Waals surface area contributed by atoms with Crippen LogP contribution in [-0.4, -0.2) is 48.4 Å². The topological polar surface area (TPSA) is 49.6 Å². The van der Waals surface area contributed by atoms with Crippen molar-refractivity contribution in [2.75, 3.05) is 32.7 Å². The summed E-state index contributed by atoms with van der Waals surface area (Å²) in [5.41, 5.74) is 7.64. The lowest BCUT2D eigenvalue weighted by atomic mass is 9.91. The average Bonchev–Trinajstić information content (AvgIpc) is 2.68. The van der Waals surface area contributed by atoms with Gasteiger partial charge in [0.25, 0.3) is 0 Å². The van der Waals surface area contributed by atoms with Crippen molar-refractivity contribution in [2.24, 2.45) is 5.73 Å². The molecular weight excluding hydrogens is 310 g/mol. The minimum absolute atomic E-state index is 0.0152. The second-order valence-corrected chi connectivity index (χ2v) is 6.94. The van der Waals surface area contributed by atoms with Gasteiger partial charge in [0.2, 0.25) is 5.91 Å². The predicted molar refractivity (Wildman–Crippen MR) is 101 cm³/mol. The van der Waals surface area contributed by atoms with E-state index in [-0.39, 0.29) is 5.91 Å². The minimum atomic E-state index is -0.965. The molecule has 0 radical (unpaired) electrons. The van der Waals surface area contributed by atoms with Crippen LogP contribution < -0.4 is 5.73 Å². The summed E-state index contributed by atoms with van der Waals surface area (Å²) in [6.45, 7) is 6.14. The fourth-order valence-corrected chi connectivity index (χ4v) is 3.34. The van der Waals surface area contributed by atoms with E-state index in [1.807, 2.05) is 48.2 Å². The summed E-state index contributed by atoms with van der Waals surface area (Å²) in [6, 6.07) is 20.2. The smallest absolute Gasteiger partial charge is 0.247 e. The molecule has 2 N–H and O–H groups in total. The summed E-state index contributed by atoms with van der Waals surface area (Å²) in [7, 11) is 0. The molecule has 0 aliphatic carbocycles. The van der Waals surface area contributed by atoms with Crippen molar-refractivity contribution in [3.8, 4) is 0 Å². The molecule has 25 heavy (non-hydrogen) atoms. The molecule has 2 aromatic rings. The third kappa shape index (κ3) is 4.27. The van der Waals surface area contributed by atoms with Gasteiger partial charge < -0.3 is 10.6 Å². The van der Waals surface area contributed by atoms with Gasteiger partial charge in [0, 0.05) is 32.7 Å². The zero-order valence-electron chi connectivity index (χ0n) is 14.9. The largest absolute Gasteiger partial charge is 0.338 e. The number of hydrogen-bond acceptors (Lipinski definition) is 3. The molecule has 0 aromatic heterocycles. The van der Waals surface area contributed by atoms with E-state index in [4.69, 9.17) is 5.73 Å². The van der Waals surface area contributed by atoms with Crippen LogP contribution in [-0.2, 0) is 16.8 Å². The van der Waals surface area contributed by atoms with E-state index in [9.17, 15) is 4.79 Å². The Balaban J connectivity index is 1.52. The molecule has 4 nitrogen and oxygen atoms in total. The van der Waals surface area contributed by atoms with Crippen molar-refractivity contribution in [3.63, 3.8) is 0 Å². The molecule has 2 aromatic carbocycles. The number of piperazine rings is 1. The van der Waals surface area contributed by atoms with E-state index < -0.39 is 5.54 Å². The number of hydrogen-bond donors (Lipinski definition) is 1. The number of carbonyl (C=O) groups is 1. The minimum Gasteiger partial charge on any atom is -0.338 e. The van der Waals surface area contributed by atoms with Crippen LogP contribution in [0.3, 0.4) is 0 Å². The molecule has 1 aliphatic rings. The molecule has 4 heteroatoms. The van der Waals surface area contributed by atoms with Crippen molar-refractivity contribution < 1.29 is 4.79 Å². The molecule has 1 amide bonds. The van der Waals surface area contributed by atoms with Gasteiger partial charge in [0.15, 0.2) is 0 Å². The monoisotopic (exact) mass is 337 g/mol. The maximum absolute atomic E-state index is 12.9. The van der Waals surface area contributed by atoms with Gasteiger partial charge in [-0.15, -0.1) is 0 Å². The van der Waals surface area contributed by atoms with Crippen LogP contribution in [0.1, 0.15) is 18.1 Å². The third-order valence-electron chi connectivity index (χ3n) is 5.04. The average molecular weight is 337 g/mol. The van der Waals surface area contributed by atoms with Crippen LogP contribution in [0.15, 0.2) is 60.7 Å². The molecule has 0 saturated carbocycles. The number of nitrogens with two attached hydrogens (primary N) is 1. The Morgan fingerprint density at radius 2 is 1.52 bits per heavy atom. The van der Waals surface area contributed by atoms with Gasteiger partial charge >= 0.3 is 0 Å². The van der Waals surface area contributed by atoms with Crippen LogP contribution in [0.25, 0.3) is 0 Å².